The second-order valence-electron chi connectivity index (χ2n) is 6.17. The topological polar surface area (TPSA) is 38.1 Å². The maximum Gasteiger partial charge on any atom is 0.282 e. The maximum absolute atomic E-state index is 11.9. The predicted molar refractivity (Wildman–Crippen MR) is 86.2 cm³/mol. The van der Waals surface area contributed by atoms with Gasteiger partial charge in [0.1, 0.15) is 4.47 Å². The molecule has 0 N–H and O–H groups in total. The summed E-state index contributed by atoms with van der Waals surface area (Å²) in [6.45, 7) is 6.63. The second kappa shape index (κ2) is 6.74. The first-order chi connectivity index (χ1) is 9.49. The molecule has 0 atom stereocenters. The first-order valence-electron chi connectivity index (χ1n) is 7.45. The smallest absolute Gasteiger partial charge is 0.282 e. The molecule has 0 saturated carbocycles. The molecular weight excluding hydrogens is 318 g/mol. The third-order valence-electron chi connectivity index (χ3n) is 4.17. The van der Waals surface area contributed by atoms with Gasteiger partial charge in [0.2, 0.25) is 0 Å². The van der Waals surface area contributed by atoms with Crippen LogP contribution >= 0.6 is 15.9 Å². The van der Waals surface area contributed by atoms with Crippen LogP contribution in [0.4, 0.5) is 5.69 Å². The SMILES string of the molecule is CC(C)CCC1CCN(c2cnn(C)c(=O)c2Br)CC1. The molecule has 1 aromatic heterocycles. The quantitative estimate of drug-likeness (QED) is 0.843. The van der Waals surface area contributed by atoms with Crippen molar-refractivity contribution in [1.29, 1.82) is 0 Å². The summed E-state index contributed by atoms with van der Waals surface area (Å²) in [7, 11) is 1.68. The zero-order valence-electron chi connectivity index (χ0n) is 12.6. The van der Waals surface area contributed by atoms with Crippen molar-refractivity contribution in [1.82, 2.24) is 9.78 Å². The molecule has 1 saturated heterocycles. The van der Waals surface area contributed by atoms with E-state index in [1.165, 1.54) is 30.4 Å². The Morgan fingerprint density at radius 1 is 1.40 bits per heavy atom. The van der Waals surface area contributed by atoms with E-state index in [1.807, 2.05) is 0 Å². The summed E-state index contributed by atoms with van der Waals surface area (Å²) in [5.74, 6) is 1.63. The van der Waals surface area contributed by atoms with Crippen molar-refractivity contribution in [2.75, 3.05) is 18.0 Å². The van der Waals surface area contributed by atoms with Gasteiger partial charge in [-0.3, -0.25) is 4.79 Å². The van der Waals surface area contributed by atoms with E-state index in [0.29, 0.717) is 4.47 Å². The molecule has 1 fully saturated rings. The fraction of sp³-hybridized carbons (Fsp3) is 0.733. The Balaban J connectivity index is 1.97. The number of aryl methyl sites for hydroxylation is 1. The summed E-state index contributed by atoms with van der Waals surface area (Å²) in [4.78, 5) is 14.2. The minimum atomic E-state index is -0.0653. The fourth-order valence-electron chi connectivity index (χ4n) is 2.75. The Bertz CT molecular complexity index is 504. The molecule has 1 aliphatic heterocycles. The first kappa shape index (κ1) is 15.5. The second-order valence-corrected chi connectivity index (χ2v) is 6.97. The lowest BCUT2D eigenvalue weighted by atomic mass is 9.89. The third kappa shape index (κ3) is 3.62. The van der Waals surface area contributed by atoms with Crippen LogP contribution in [0.15, 0.2) is 15.5 Å². The van der Waals surface area contributed by atoms with Crippen molar-refractivity contribution in [3.8, 4) is 0 Å². The van der Waals surface area contributed by atoms with E-state index in [0.717, 1.165) is 30.6 Å². The van der Waals surface area contributed by atoms with Crippen LogP contribution in [0.1, 0.15) is 39.5 Å². The number of nitrogens with zero attached hydrogens (tertiary/aromatic N) is 3. The molecule has 0 amide bonds. The predicted octanol–water partition coefficient (Wildman–Crippen LogP) is 3.20. The summed E-state index contributed by atoms with van der Waals surface area (Å²) in [5.41, 5.74) is 0.875. The van der Waals surface area contributed by atoms with Crippen LogP contribution in [0.5, 0.6) is 0 Å². The van der Waals surface area contributed by atoms with Crippen LogP contribution in [-0.4, -0.2) is 22.9 Å². The average molecular weight is 342 g/mol. The van der Waals surface area contributed by atoms with Crippen LogP contribution < -0.4 is 10.5 Å². The lowest BCUT2D eigenvalue weighted by Gasteiger charge is -2.34. The lowest BCUT2D eigenvalue weighted by molar-refractivity contribution is 0.351. The molecule has 5 heteroatoms. The van der Waals surface area contributed by atoms with Gasteiger partial charge < -0.3 is 4.90 Å². The zero-order chi connectivity index (χ0) is 14.7. The first-order valence-corrected chi connectivity index (χ1v) is 8.25. The number of piperidine rings is 1. The summed E-state index contributed by atoms with van der Waals surface area (Å²) in [6.07, 6.45) is 6.88. The van der Waals surface area contributed by atoms with Crippen molar-refractivity contribution in [2.24, 2.45) is 18.9 Å². The van der Waals surface area contributed by atoms with Gasteiger partial charge in [-0.05, 0) is 40.6 Å². The molecule has 4 nitrogen and oxygen atoms in total. The molecule has 20 heavy (non-hydrogen) atoms. The van der Waals surface area contributed by atoms with E-state index in [1.54, 1.807) is 13.2 Å². The van der Waals surface area contributed by atoms with Gasteiger partial charge >= 0.3 is 0 Å². The normalized spacial score (nSPS) is 16.9. The van der Waals surface area contributed by atoms with Crippen LogP contribution in [0.3, 0.4) is 0 Å². The summed E-state index contributed by atoms with van der Waals surface area (Å²) in [5, 5.41) is 4.13. The monoisotopic (exact) mass is 341 g/mol. The Labute approximate surface area is 129 Å². The largest absolute Gasteiger partial charge is 0.369 e. The highest BCUT2D eigenvalue weighted by atomic mass is 79.9. The van der Waals surface area contributed by atoms with Gasteiger partial charge in [0.15, 0.2) is 0 Å². The van der Waals surface area contributed by atoms with E-state index >= 15 is 0 Å². The summed E-state index contributed by atoms with van der Waals surface area (Å²) in [6, 6.07) is 0. The highest BCUT2D eigenvalue weighted by Gasteiger charge is 2.22. The van der Waals surface area contributed by atoms with E-state index in [4.69, 9.17) is 0 Å². The van der Waals surface area contributed by atoms with Crippen molar-refractivity contribution < 1.29 is 0 Å². The van der Waals surface area contributed by atoms with Crippen LogP contribution in [0, 0.1) is 11.8 Å². The van der Waals surface area contributed by atoms with E-state index in [9.17, 15) is 4.79 Å². The molecule has 2 rings (SSSR count). The molecule has 0 unspecified atom stereocenters. The summed E-state index contributed by atoms with van der Waals surface area (Å²) < 4.78 is 2.00. The van der Waals surface area contributed by atoms with Crippen LogP contribution in [0.25, 0.3) is 0 Å². The van der Waals surface area contributed by atoms with Crippen molar-refractivity contribution in [3.05, 3.63) is 21.0 Å². The Morgan fingerprint density at radius 3 is 2.65 bits per heavy atom. The number of aromatic nitrogens is 2. The van der Waals surface area contributed by atoms with Gasteiger partial charge in [0.05, 0.1) is 11.9 Å². The fourth-order valence-corrected chi connectivity index (χ4v) is 3.36. The van der Waals surface area contributed by atoms with E-state index in [2.05, 4.69) is 39.8 Å². The Morgan fingerprint density at radius 2 is 2.05 bits per heavy atom. The zero-order valence-corrected chi connectivity index (χ0v) is 14.2. The molecule has 1 aliphatic rings. The molecule has 0 aromatic carbocycles. The number of rotatable bonds is 4. The van der Waals surface area contributed by atoms with E-state index < -0.39 is 0 Å². The Kier molecular flexibility index (Phi) is 5.24. The molecule has 0 aliphatic carbocycles. The van der Waals surface area contributed by atoms with Crippen molar-refractivity contribution in [2.45, 2.75) is 39.5 Å². The maximum atomic E-state index is 11.9. The highest BCUT2D eigenvalue weighted by molar-refractivity contribution is 9.10. The summed E-state index contributed by atoms with van der Waals surface area (Å²) >= 11 is 3.42. The van der Waals surface area contributed by atoms with Crippen molar-refractivity contribution in [3.63, 3.8) is 0 Å². The van der Waals surface area contributed by atoms with Crippen LogP contribution in [-0.2, 0) is 7.05 Å². The number of hydrogen-bond donors (Lipinski definition) is 0. The number of hydrogen-bond acceptors (Lipinski definition) is 3. The van der Waals surface area contributed by atoms with Crippen molar-refractivity contribution >= 4 is 21.6 Å². The molecule has 0 radical (unpaired) electrons. The molecule has 0 spiro atoms. The Hall–Kier alpha value is -0.840. The standard InChI is InChI=1S/C15H24BrN3O/c1-11(2)4-5-12-6-8-19(9-7-12)13-10-17-18(3)15(20)14(13)16/h10-12H,4-9H2,1-3H3. The van der Waals surface area contributed by atoms with E-state index in [-0.39, 0.29) is 5.56 Å². The minimum Gasteiger partial charge on any atom is -0.369 e. The highest BCUT2D eigenvalue weighted by Crippen LogP contribution is 2.29. The molecule has 0 bridgehead atoms. The average Bonchev–Trinajstić information content (AvgIpc) is 2.43. The minimum absolute atomic E-state index is 0.0653. The van der Waals surface area contributed by atoms with Crippen LogP contribution in [0.2, 0.25) is 0 Å². The van der Waals surface area contributed by atoms with Gasteiger partial charge in [0, 0.05) is 20.1 Å². The molecule has 1 aromatic rings. The molecule has 112 valence electrons. The van der Waals surface area contributed by atoms with Gasteiger partial charge in [-0.2, -0.15) is 5.10 Å². The van der Waals surface area contributed by atoms with Gasteiger partial charge in [0.25, 0.3) is 5.56 Å². The third-order valence-corrected chi connectivity index (χ3v) is 4.91. The number of halogens is 1. The van der Waals surface area contributed by atoms with Gasteiger partial charge in [-0.25, -0.2) is 4.68 Å². The lowest BCUT2D eigenvalue weighted by Crippen LogP contribution is -2.35. The van der Waals surface area contributed by atoms with Gasteiger partial charge in [-0.15, -0.1) is 0 Å². The van der Waals surface area contributed by atoms with Gasteiger partial charge in [-0.1, -0.05) is 26.7 Å². The number of anilines is 1. The molecule has 2 heterocycles. The molecular formula is C15H24BrN3O.